The summed E-state index contributed by atoms with van der Waals surface area (Å²) in [5.41, 5.74) is -0.122. The van der Waals surface area contributed by atoms with Crippen molar-refractivity contribution in [2.75, 3.05) is 5.32 Å². The van der Waals surface area contributed by atoms with E-state index < -0.39 is 23.4 Å². The predicted octanol–water partition coefficient (Wildman–Crippen LogP) is 4.65. The molecule has 0 aromatic heterocycles. The van der Waals surface area contributed by atoms with Gasteiger partial charge in [0.25, 0.3) is 5.91 Å². The van der Waals surface area contributed by atoms with E-state index in [4.69, 9.17) is 17.0 Å². The molecular formula is C18H16F3NO2S. The average Bonchev–Trinajstić information content (AvgIpc) is 2.51. The van der Waals surface area contributed by atoms with Gasteiger partial charge in [0.1, 0.15) is 17.5 Å². The topological polar surface area (TPSA) is 38.3 Å². The van der Waals surface area contributed by atoms with Crippen molar-refractivity contribution in [3.05, 3.63) is 65.0 Å². The first-order valence-electron chi connectivity index (χ1n) is 7.50. The molecule has 0 spiro atoms. The van der Waals surface area contributed by atoms with Crippen LogP contribution in [0, 0.1) is 17.5 Å². The van der Waals surface area contributed by atoms with Crippen molar-refractivity contribution in [1.29, 1.82) is 0 Å². The van der Waals surface area contributed by atoms with Crippen LogP contribution in [0.1, 0.15) is 29.8 Å². The zero-order chi connectivity index (χ0) is 18.6. The summed E-state index contributed by atoms with van der Waals surface area (Å²) in [5.74, 6) is -3.04. The molecule has 0 atom stereocenters. The van der Waals surface area contributed by atoms with Gasteiger partial charge in [-0.05, 0) is 55.9 Å². The molecule has 0 saturated carbocycles. The second kappa shape index (κ2) is 8.11. The Bertz CT molecular complexity index is 809. The lowest BCUT2D eigenvalue weighted by molar-refractivity contribution is 0.102. The first-order chi connectivity index (χ1) is 11.8. The van der Waals surface area contributed by atoms with Crippen LogP contribution in [0.15, 0.2) is 36.4 Å². The fraction of sp³-hybridized carbons (Fsp3) is 0.222. The van der Waals surface area contributed by atoms with Crippen LogP contribution in [-0.4, -0.2) is 17.1 Å². The van der Waals surface area contributed by atoms with Crippen molar-refractivity contribution >= 4 is 28.9 Å². The molecule has 2 aromatic rings. The average molecular weight is 367 g/mol. The van der Waals surface area contributed by atoms with Gasteiger partial charge in [0.2, 0.25) is 0 Å². The minimum atomic E-state index is -0.943. The van der Waals surface area contributed by atoms with Crippen molar-refractivity contribution in [1.82, 2.24) is 0 Å². The number of hydrogen-bond acceptors (Lipinski definition) is 3. The molecule has 0 fully saturated rings. The molecule has 0 radical (unpaired) electrons. The van der Waals surface area contributed by atoms with E-state index >= 15 is 0 Å². The lowest BCUT2D eigenvalue weighted by Crippen LogP contribution is -2.15. The maximum Gasteiger partial charge on any atom is 0.255 e. The number of amides is 1. The maximum atomic E-state index is 13.9. The molecule has 3 nitrogen and oxygen atoms in total. The van der Waals surface area contributed by atoms with E-state index in [1.807, 2.05) is 0 Å². The van der Waals surface area contributed by atoms with Gasteiger partial charge < -0.3 is 10.1 Å². The van der Waals surface area contributed by atoms with Gasteiger partial charge in [-0.25, -0.2) is 13.2 Å². The third-order valence-corrected chi connectivity index (χ3v) is 3.41. The zero-order valence-electron chi connectivity index (χ0n) is 13.6. The molecule has 1 amide bonds. The number of thiocarbonyl (C=S) groups is 1. The van der Waals surface area contributed by atoms with E-state index in [9.17, 15) is 18.0 Å². The van der Waals surface area contributed by atoms with Gasteiger partial charge >= 0.3 is 0 Å². The highest BCUT2D eigenvalue weighted by Crippen LogP contribution is 2.21. The molecule has 0 aliphatic carbocycles. The van der Waals surface area contributed by atoms with Gasteiger partial charge in [-0.2, -0.15) is 0 Å². The van der Waals surface area contributed by atoms with Crippen LogP contribution in [0.4, 0.5) is 18.9 Å². The molecule has 132 valence electrons. The highest BCUT2D eigenvalue weighted by molar-refractivity contribution is 7.80. The Labute approximate surface area is 148 Å². The van der Waals surface area contributed by atoms with E-state index in [-0.39, 0.29) is 34.4 Å². The van der Waals surface area contributed by atoms with Crippen molar-refractivity contribution in [3.8, 4) is 0 Å². The van der Waals surface area contributed by atoms with E-state index in [1.165, 1.54) is 18.2 Å². The monoisotopic (exact) mass is 367 g/mol. The van der Waals surface area contributed by atoms with Crippen LogP contribution in [0.5, 0.6) is 0 Å². The van der Waals surface area contributed by atoms with Gasteiger partial charge in [0, 0.05) is 18.1 Å². The van der Waals surface area contributed by atoms with Crippen LogP contribution in [0.2, 0.25) is 0 Å². The van der Waals surface area contributed by atoms with Crippen molar-refractivity contribution in [2.45, 2.75) is 26.4 Å². The summed E-state index contributed by atoms with van der Waals surface area (Å²) in [5, 5.41) is 2.46. The molecule has 0 aliphatic heterocycles. The Kier molecular flexibility index (Phi) is 6.14. The summed E-state index contributed by atoms with van der Waals surface area (Å²) >= 11 is 5.02. The fourth-order valence-electron chi connectivity index (χ4n) is 2.11. The zero-order valence-corrected chi connectivity index (χ0v) is 14.4. The minimum absolute atomic E-state index is 0.0175. The third-order valence-electron chi connectivity index (χ3n) is 3.17. The molecule has 0 saturated heterocycles. The molecule has 0 aliphatic rings. The molecule has 2 aromatic carbocycles. The third kappa shape index (κ3) is 5.29. The Balaban J connectivity index is 2.22. The number of ether oxygens (including phenoxy) is 1. The molecule has 2 rings (SSSR count). The first kappa shape index (κ1) is 18.9. The van der Waals surface area contributed by atoms with Crippen LogP contribution in [0.3, 0.4) is 0 Å². The van der Waals surface area contributed by atoms with E-state index in [0.717, 1.165) is 12.1 Å². The largest absolute Gasteiger partial charge is 0.484 e. The lowest BCUT2D eigenvalue weighted by Gasteiger charge is -2.13. The summed E-state index contributed by atoms with van der Waals surface area (Å²) in [6, 6.07) is 6.75. The van der Waals surface area contributed by atoms with E-state index in [0.29, 0.717) is 6.07 Å². The lowest BCUT2D eigenvalue weighted by atomic mass is 10.1. The second-order valence-electron chi connectivity index (χ2n) is 5.60. The number of carbonyl (C=O) groups excluding carboxylic acids is 1. The van der Waals surface area contributed by atoms with Crippen LogP contribution < -0.4 is 5.32 Å². The highest BCUT2D eigenvalue weighted by atomic mass is 32.1. The van der Waals surface area contributed by atoms with Gasteiger partial charge in [-0.3, -0.25) is 4.79 Å². The van der Waals surface area contributed by atoms with Crippen LogP contribution in [-0.2, 0) is 11.2 Å². The number of anilines is 1. The molecular weight excluding hydrogens is 351 g/mol. The van der Waals surface area contributed by atoms with Gasteiger partial charge in [0.05, 0.1) is 11.8 Å². The summed E-state index contributed by atoms with van der Waals surface area (Å²) in [7, 11) is 0. The van der Waals surface area contributed by atoms with Crippen molar-refractivity contribution in [3.63, 3.8) is 0 Å². The molecule has 7 heteroatoms. The number of benzene rings is 2. The van der Waals surface area contributed by atoms with Crippen LogP contribution in [0.25, 0.3) is 0 Å². The smallest absolute Gasteiger partial charge is 0.255 e. The summed E-state index contributed by atoms with van der Waals surface area (Å²) < 4.78 is 46.3. The number of hydrogen-bond donors (Lipinski definition) is 1. The molecule has 0 bridgehead atoms. The minimum Gasteiger partial charge on any atom is -0.484 e. The van der Waals surface area contributed by atoms with Gasteiger partial charge in [0.15, 0.2) is 5.05 Å². The van der Waals surface area contributed by atoms with Crippen molar-refractivity contribution < 1.29 is 22.7 Å². The summed E-state index contributed by atoms with van der Waals surface area (Å²) in [4.78, 5) is 12.1. The molecule has 0 unspecified atom stereocenters. The van der Waals surface area contributed by atoms with E-state index in [2.05, 4.69) is 5.32 Å². The molecule has 25 heavy (non-hydrogen) atoms. The maximum absolute atomic E-state index is 13.9. The second-order valence-corrected chi connectivity index (χ2v) is 6.06. The Morgan fingerprint density at radius 1 is 1.16 bits per heavy atom. The molecule has 1 N–H and O–H groups in total. The first-order valence-corrected chi connectivity index (χ1v) is 7.91. The van der Waals surface area contributed by atoms with Crippen LogP contribution >= 0.6 is 12.2 Å². The Hall–Kier alpha value is -2.41. The Morgan fingerprint density at radius 2 is 1.88 bits per heavy atom. The quantitative estimate of drug-likeness (QED) is 0.782. The Morgan fingerprint density at radius 3 is 2.52 bits per heavy atom. The van der Waals surface area contributed by atoms with E-state index in [1.54, 1.807) is 13.8 Å². The predicted molar refractivity (Wildman–Crippen MR) is 93.2 cm³/mol. The van der Waals surface area contributed by atoms with Gasteiger partial charge in [-0.1, -0.05) is 6.07 Å². The molecule has 0 heterocycles. The van der Waals surface area contributed by atoms with Gasteiger partial charge in [-0.15, -0.1) is 0 Å². The number of rotatable bonds is 5. The number of nitrogens with one attached hydrogen (secondary N) is 1. The SMILES string of the molecule is CC(C)OC(=S)Cc1cc(NC(=O)c2cccc(F)c2)c(F)cc1F. The fourth-order valence-corrected chi connectivity index (χ4v) is 2.46. The summed E-state index contributed by atoms with van der Waals surface area (Å²) in [6.07, 6.45) is -0.203. The highest BCUT2D eigenvalue weighted by Gasteiger charge is 2.15. The normalized spacial score (nSPS) is 10.6. The summed E-state index contributed by atoms with van der Waals surface area (Å²) in [6.45, 7) is 3.55. The van der Waals surface area contributed by atoms with Crippen molar-refractivity contribution in [2.24, 2.45) is 0 Å². The number of carbonyl (C=O) groups is 1. The standard InChI is InChI=1S/C18H16F3NO2S/c1-10(2)24-17(25)8-12-7-16(15(21)9-14(12)20)22-18(23)11-4-3-5-13(19)6-11/h3-7,9-10H,8H2,1-2H3,(H,22,23). The number of halogens is 3.